The van der Waals surface area contributed by atoms with Crippen molar-refractivity contribution in [3.05, 3.63) is 0 Å². The van der Waals surface area contributed by atoms with Gasteiger partial charge in [-0.25, -0.2) is 4.39 Å². The average Bonchev–Trinajstić information content (AvgIpc) is 1.89. The summed E-state index contributed by atoms with van der Waals surface area (Å²) in [6.07, 6.45) is -0.332. The predicted molar refractivity (Wildman–Crippen MR) is 39.1 cm³/mol. The third-order valence-electron chi connectivity index (χ3n) is 1.74. The van der Waals surface area contributed by atoms with Gasteiger partial charge in [0.25, 0.3) is 0 Å². The molecule has 0 aromatic heterocycles. The normalized spacial score (nSPS) is 33.0. The van der Waals surface area contributed by atoms with E-state index in [-0.39, 0.29) is 18.3 Å². The Morgan fingerprint density at radius 1 is 1.50 bits per heavy atom. The van der Waals surface area contributed by atoms with Gasteiger partial charge in [-0.2, -0.15) is 0 Å². The molecule has 10 heavy (non-hydrogen) atoms. The van der Waals surface area contributed by atoms with E-state index in [0.29, 0.717) is 13.0 Å². The fraction of sp³-hybridized carbons (Fsp3) is 1.00. The highest BCUT2D eigenvalue weighted by Crippen LogP contribution is 2.15. The number of piperidine rings is 1. The Morgan fingerprint density at radius 3 is 2.60 bits per heavy atom. The number of hydrogen-bond acceptors (Lipinski definition) is 1. The van der Waals surface area contributed by atoms with Crippen molar-refractivity contribution in [2.45, 2.75) is 12.6 Å². The molecular weight excluding hydrogens is 160 g/mol. The van der Waals surface area contributed by atoms with E-state index in [2.05, 4.69) is 5.32 Å². The van der Waals surface area contributed by atoms with E-state index in [1.165, 1.54) is 0 Å². The maximum absolute atomic E-state index is 12.5. The monoisotopic (exact) mass is 171 g/mol. The van der Waals surface area contributed by atoms with E-state index >= 15 is 0 Å². The molecule has 1 aliphatic heterocycles. The van der Waals surface area contributed by atoms with Crippen LogP contribution in [-0.4, -0.2) is 25.9 Å². The Bertz CT molecular complexity index is 91.8. The van der Waals surface area contributed by atoms with Crippen molar-refractivity contribution in [2.75, 3.05) is 19.8 Å². The molecule has 1 heterocycles. The van der Waals surface area contributed by atoms with Crippen LogP contribution in [0, 0.1) is 5.92 Å². The van der Waals surface area contributed by atoms with Gasteiger partial charge < -0.3 is 5.32 Å². The van der Waals surface area contributed by atoms with E-state index < -0.39 is 12.8 Å². The van der Waals surface area contributed by atoms with Gasteiger partial charge in [-0.05, 0) is 13.0 Å². The lowest BCUT2D eigenvalue weighted by molar-refractivity contribution is 0.151. The molecule has 1 fully saturated rings. The van der Waals surface area contributed by atoms with Crippen molar-refractivity contribution in [1.29, 1.82) is 0 Å². The van der Waals surface area contributed by atoms with Crippen LogP contribution in [0.1, 0.15) is 6.42 Å². The Kier molecular flexibility index (Phi) is 4.91. The number of alkyl halides is 2. The molecule has 4 heteroatoms. The number of rotatable bonds is 1. The van der Waals surface area contributed by atoms with Crippen LogP contribution in [0.5, 0.6) is 0 Å². The van der Waals surface area contributed by atoms with Crippen LogP contribution in [0.4, 0.5) is 8.78 Å². The van der Waals surface area contributed by atoms with Crippen LogP contribution >= 0.6 is 12.4 Å². The minimum atomic E-state index is -0.969. The largest absolute Gasteiger partial charge is 0.314 e. The molecule has 62 valence electrons. The van der Waals surface area contributed by atoms with Crippen molar-refractivity contribution in [3.63, 3.8) is 0 Å². The van der Waals surface area contributed by atoms with Crippen LogP contribution in [0.25, 0.3) is 0 Å². The highest BCUT2D eigenvalue weighted by Gasteiger charge is 2.23. The molecular formula is C6H12ClF2N. The fourth-order valence-corrected chi connectivity index (χ4v) is 1.05. The molecule has 2 atom stereocenters. The first kappa shape index (κ1) is 10.1. The van der Waals surface area contributed by atoms with Gasteiger partial charge in [-0.3, -0.25) is 4.39 Å². The van der Waals surface area contributed by atoms with E-state index in [4.69, 9.17) is 0 Å². The summed E-state index contributed by atoms with van der Waals surface area (Å²) in [7, 11) is 0. The first-order chi connectivity index (χ1) is 4.34. The Labute approximate surface area is 65.6 Å². The van der Waals surface area contributed by atoms with Crippen LogP contribution in [0.2, 0.25) is 0 Å². The van der Waals surface area contributed by atoms with E-state index in [9.17, 15) is 8.78 Å². The maximum Gasteiger partial charge on any atom is 0.118 e. The first-order valence-electron chi connectivity index (χ1n) is 3.25. The average molecular weight is 172 g/mol. The summed E-state index contributed by atoms with van der Waals surface area (Å²) < 4.78 is 24.4. The van der Waals surface area contributed by atoms with Crippen molar-refractivity contribution < 1.29 is 8.78 Å². The molecule has 1 N–H and O–H groups in total. The molecule has 0 radical (unpaired) electrons. The minimum Gasteiger partial charge on any atom is -0.314 e. The standard InChI is InChI=1S/C6H11F2N.ClH/c7-3-5-1-2-9-4-6(5)8;/h5-6,9H,1-4H2;1H. The molecule has 0 amide bonds. The molecule has 0 bridgehead atoms. The molecule has 0 saturated carbocycles. The third kappa shape index (κ3) is 2.39. The van der Waals surface area contributed by atoms with Crippen LogP contribution in [0.15, 0.2) is 0 Å². The second kappa shape index (κ2) is 4.85. The lowest BCUT2D eigenvalue weighted by atomic mass is 9.98. The van der Waals surface area contributed by atoms with Crippen molar-refractivity contribution in [2.24, 2.45) is 5.92 Å². The van der Waals surface area contributed by atoms with Gasteiger partial charge in [0.15, 0.2) is 0 Å². The number of hydrogen-bond donors (Lipinski definition) is 1. The van der Waals surface area contributed by atoms with Crippen LogP contribution < -0.4 is 5.32 Å². The van der Waals surface area contributed by atoms with E-state index in [0.717, 1.165) is 6.54 Å². The quantitative estimate of drug-likeness (QED) is 0.628. The third-order valence-corrected chi connectivity index (χ3v) is 1.74. The topological polar surface area (TPSA) is 12.0 Å². The van der Waals surface area contributed by atoms with Gasteiger partial charge in [0, 0.05) is 12.5 Å². The van der Waals surface area contributed by atoms with Crippen molar-refractivity contribution in [3.8, 4) is 0 Å². The Balaban J connectivity index is 0.000000810. The van der Waals surface area contributed by atoms with Gasteiger partial charge in [0.1, 0.15) is 6.17 Å². The summed E-state index contributed by atoms with van der Waals surface area (Å²) in [4.78, 5) is 0. The summed E-state index contributed by atoms with van der Waals surface area (Å²) in [5, 5.41) is 2.86. The first-order valence-corrected chi connectivity index (χ1v) is 3.25. The number of nitrogens with one attached hydrogen (secondary N) is 1. The zero-order chi connectivity index (χ0) is 6.69. The van der Waals surface area contributed by atoms with Gasteiger partial charge >= 0.3 is 0 Å². The zero-order valence-corrected chi connectivity index (χ0v) is 6.46. The minimum absolute atomic E-state index is 0. The lowest BCUT2D eigenvalue weighted by Gasteiger charge is -2.23. The molecule has 0 aromatic carbocycles. The summed E-state index contributed by atoms with van der Waals surface area (Å²) in [6, 6.07) is 0. The summed E-state index contributed by atoms with van der Waals surface area (Å²) in [5.41, 5.74) is 0. The number of halogens is 3. The maximum atomic E-state index is 12.5. The molecule has 0 aromatic rings. The van der Waals surface area contributed by atoms with Gasteiger partial charge in [0.05, 0.1) is 6.67 Å². The van der Waals surface area contributed by atoms with Crippen molar-refractivity contribution in [1.82, 2.24) is 5.32 Å². The summed E-state index contributed by atoms with van der Waals surface area (Å²) in [6.45, 7) is 0.576. The van der Waals surface area contributed by atoms with Crippen molar-refractivity contribution >= 4 is 12.4 Å². The zero-order valence-electron chi connectivity index (χ0n) is 5.65. The fourth-order valence-electron chi connectivity index (χ4n) is 1.05. The molecule has 1 rings (SSSR count). The van der Waals surface area contributed by atoms with Crippen LogP contribution in [0.3, 0.4) is 0 Å². The second-order valence-electron chi connectivity index (χ2n) is 2.42. The van der Waals surface area contributed by atoms with Crippen LogP contribution in [-0.2, 0) is 0 Å². The predicted octanol–water partition coefficient (Wildman–Crippen LogP) is 1.33. The Morgan fingerprint density at radius 2 is 2.20 bits per heavy atom. The smallest absolute Gasteiger partial charge is 0.118 e. The summed E-state index contributed by atoms with van der Waals surface area (Å²) in [5.74, 6) is -0.341. The highest BCUT2D eigenvalue weighted by molar-refractivity contribution is 5.85. The van der Waals surface area contributed by atoms with Gasteiger partial charge in [-0.15, -0.1) is 12.4 Å². The summed E-state index contributed by atoms with van der Waals surface area (Å²) >= 11 is 0. The van der Waals surface area contributed by atoms with E-state index in [1.807, 2.05) is 0 Å². The lowest BCUT2D eigenvalue weighted by Crippen LogP contribution is -2.38. The highest BCUT2D eigenvalue weighted by atomic mass is 35.5. The molecule has 2 unspecified atom stereocenters. The Hall–Kier alpha value is 0.110. The SMILES string of the molecule is Cl.FCC1CCNCC1F. The van der Waals surface area contributed by atoms with E-state index in [1.54, 1.807) is 0 Å². The molecule has 0 aliphatic carbocycles. The van der Waals surface area contributed by atoms with Gasteiger partial charge in [-0.1, -0.05) is 0 Å². The molecule has 1 aliphatic rings. The second-order valence-corrected chi connectivity index (χ2v) is 2.42. The molecule has 1 saturated heterocycles. The molecule has 0 spiro atoms. The van der Waals surface area contributed by atoms with Gasteiger partial charge in [0.2, 0.25) is 0 Å². The molecule has 1 nitrogen and oxygen atoms in total.